The van der Waals surface area contributed by atoms with E-state index in [0.29, 0.717) is 26.2 Å². The second-order valence-corrected chi connectivity index (χ2v) is 7.55. The van der Waals surface area contributed by atoms with E-state index in [0.717, 1.165) is 47.9 Å². The molecule has 2 aromatic heterocycles. The SMILES string of the molecule is CCc1onc(C)c1-c1cccc([C@H]2CN(C(=O)CN3CCCC3)CCO2)n1. The van der Waals surface area contributed by atoms with Crippen LogP contribution in [0, 0.1) is 6.92 Å². The fourth-order valence-corrected chi connectivity index (χ4v) is 4.04. The number of aryl methyl sites for hydroxylation is 2. The summed E-state index contributed by atoms with van der Waals surface area (Å²) in [6.07, 6.45) is 2.94. The standard InChI is InChI=1S/C21H28N4O3/c1-3-18-21(15(2)23-28-18)17-8-6-7-16(22-17)19-13-25(11-12-27-19)20(26)14-24-9-4-5-10-24/h6-8,19H,3-5,9-14H2,1-2H3/t19-/m1/s1. The lowest BCUT2D eigenvalue weighted by Crippen LogP contribution is -2.46. The lowest BCUT2D eigenvalue weighted by atomic mass is 10.1. The van der Waals surface area contributed by atoms with Crippen LogP contribution in [0.3, 0.4) is 0 Å². The van der Waals surface area contributed by atoms with Gasteiger partial charge < -0.3 is 14.2 Å². The highest BCUT2D eigenvalue weighted by Gasteiger charge is 2.28. The van der Waals surface area contributed by atoms with Crippen molar-refractivity contribution in [2.45, 2.75) is 39.2 Å². The van der Waals surface area contributed by atoms with E-state index >= 15 is 0 Å². The zero-order chi connectivity index (χ0) is 19.5. The third-order valence-electron chi connectivity index (χ3n) is 5.59. The summed E-state index contributed by atoms with van der Waals surface area (Å²) in [5, 5.41) is 4.09. The quantitative estimate of drug-likeness (QED) is 0.789. The molecule has 2 aromatic rings. The summed E-state index contributed by atoms with van der Waals surface area (Å²) < 4.78 is 11.4. The normalized spacial score (nSPS) is 20.6. The highest BCUT2D eigenvalue weighted by molar-refractivity contribution is 5.78. The monoisotopic (exact) mass is 384 g/mol. The first-order valence-electron chi connectivity index (χ1n) is 10.2. The number of hydrogen-bond donors (Lipinski definition) is 0. The van der Waals surface area contributed by atoms with Crippen LogP contribution in [0.5, 0.6) is 0 Å². The summed E-state index contributed by atoms with van der Waals surface area (Å²) in [4.78, 5) is 21.7. The number of amides is 1. The fraction of sp³-hybridized carbons (Fsp3) is 0.571. The maximum absolute atomic E-state index is 12.7. The maximum atomic E-state index is 12.7. The van der Waals surface area contributed by atoms with Gasteiger partial charge in [-0.05, 0) is 45.0 Å². The van der Waals surface area contributed by atoms with Crippen LogP contribution in [0.4, 0.5) is 0 Å². The van der Waals surface area contributed by atoms with Crippen molar-refractivity contribution in [1.29, 1.82) is 0 Å². The number of ether oxygens (including phenoxy) is 1. The van der Waals surface area contributed by atoms with Gasteiger partial charge in [0.15, 0.2) is 0 Å². The molecule has 1 atom stereocenters. The van der Waals surface area contributed by atoms with Crippen molar-refractivity contribution in [2.24, 2.45) is 0 Å². The van der Waals surface area contributed by atoms with Crippen LogP contribution < -0.4 is 0 Å². The van der Waals surface area contributed by atoms with Crippen molar-refractivity contribution in [3.05, 3.63) is 35.3 Å². The number of likely N-dealkylation sites (tertiary alicyclic amines) is 1. The third-order valence-corrected chi connectivity index (χ3v) is 5.59. The molecule has 2 aliphatic rings. The molecule has 0 unspecified atom stereocenters. The van der Waals surface area contributed by atoms with Gasteiger partial charge in [-0.1, -0.05) is 18.1 Å². The predicted octanol–water partition coefficient (Wildman–Crippen LogP) is 2.60. The van der Waals surface area contributed by atoms with E-state index in [9.17, 15) is 4.79 Å². The molecule has 0 saturated carbocycles. The van der Waals surface area contributed by atoms with E-state index in [4.69, 9.17) is 14.2 Å². The summed E-state index contributed by atoms with van der Waals surface area (Å²) in [6, 6.07) is 5.93. The average molecular weight is 384 g/mol. The minimum absolute atomic E-state index is 0.189. The molecular formula is C21H28N4O3. The van der Waals surface area contributed by atoms with Crippen LogP contribution in [0.15, 0.2) is 22.7 Å². The molecule has 4 rings (SSSR count). The van der Waals surface area contributed by atoms with Crippen molar-refractivity contribution in [1.82, 2.24) is 19.9 Å². The number of carbonyl (C=O) groups excluding carboxylic acids is 1. The van der Waals surface area contributed by atoms with Crippen molar-refractivity contribution in [2.75, 3.05) is 39.3 Å². The van der Waals surface area contributed by atoms with Crippen LogP contribution in [0.2, 0.25) is 0 Å². The molecule has 0 radical (unpaired) electrons. The Hall–Kier alpha value is -2.25. The molecule has 2 aliphatic heterocycles. The van der Waals surface area contributed by atoms with Crippen molar-refractivity contribution in [3.8, 4) is 11.3 Å². The molecular weight excluding hydrogens is 356 g/mol. The average Bonchev–Trinajstić information content (AvgIpc) is 3.37. The van der Waals surface area contributed by atoms with E-state index in [-0.39, 0.29) is 12.0 Å². The summed E-state index contributed by atoms with van der Waals surface area (Å²) in [5.41, 5.74) is 3.49. The molecule has 4 heterocycles. The van der Waals surface area contributed by atoms with Crippen molar-refractivity contribution >= 4 is 5.91 Å². The summed E-state index contributed by atoms with van der Waals surface area (Å²) in [6.45, 7) is 8.28. The Morgan fingerprint density at radius 2 is 2.07 bits per heavy atom. The minimum Gasteiger partial charge on any atom is -0.368 e. The molecule has 2 fully saturated rings. The van der Waals surface area contributed by atoms with E-state index < -0.39 is 0 Å². The van der Waals surface area contributed by atoms with Crippen LogP contribution in [0.1, 0.15) is 43.0 Å². The Morgan fingerprint density at radius 3 is 2.86 bits per heavy atom. The van der Waals surface area contributed by atoms with Crippen LogP contribution in [-0.4, -0.2) is 65.2 Å². The number of rotatable bonds is 5. The number of pyridine rings is 1. The van der Waals surface area contributed by atoms with E-state index in [1.54, 1.807) is 0 Å². The summed E-state index contributed by atoms with van der Waals surface area (Å²) in [7, 11) is 0. The number of aromatic nitrogens is 2. The minimum atomic E-state index is -0.207. The largest absolute Gasteiger partial charge is 0.368 e. The van der Waals surface area contributed by atoms with Crippen molar-refractivity contribution in [3.63, 3.8) is 0 Å². The lowest BCUT2D eigenvalue weighted by molar-refractivity contribution is -0.140. The Kier molecular flexibility index (Phi) is 5.73. The van der Waals surface area contributed by atoms with Gasteiger partial charge in [0.2, 0.25) is 5.91 Å². The van der Waals surface area contributed by atoms with Crippen LogP contribution in [0.25, 0.3) is 11.3 Å². The predicted molar refractivity (Wildman–Crippen MR) is 105 cm³/mol. The molecule has 1 amide bonds. The molecule has 150 valence electrons. The molecule has 0 spiro atoms. The number of nitrogens with zero attached hydrogens (tertiary/aromatic N) is 4. The number of hydrogen-bond acceptors (Lipinski definition) is 6. The van der Waals surface area contributed by atoms with Gasteiger partial charge in [-0.15, -0.1) is 0 Å². The Labute approximate surface area is 165 Å². The van der Waals surface area contributed by atoms with Gasteiger partial charge in [0, 0.05) is 13.0 Å². The second kappa shape index (κ2) is 8.41. The molecule has 0 bridgehead atoms. The first-order valence-corrected chi connectivity index (χ1v) is 10.2. The van der Waals surface area contributed by atoms with Gasteiger partial charge in [-0.2, -0.15) is 0 Å². The molecule has 7 nitrogen and oxygen atoms in total. The highest BCUT2D eigenvalue weighted by Crippen LogP contribution is 2.29. The van der Waals surface area contributed by atoms with Gasteiger partial charge in [0.25, 0.3) is 0 Å². The van der Waals surface area contributed by atoms with Gasteiger partial charge in [-0.25, -0.2) is 4.98 Å². The first kappa shape index (κ1) is 19.1. The number of morpholine rings is 1. The molecule has 0 aliphatic carbocycles. The third kappa shape index (κ3) is 3.95. The van der Waals surface area contributed by atoms with Gasteiger partial charge in [0.1, 0.15) is 11.9 Å². The molecule has 2 saturated heterocycles. The van der Waals surface area contributed by atoms with Gasteiger partial charge in [0.05, 0.1) is 42.3 Å². The summed E-state index contributed by atoms with van der Waals surface area (Å²) in [5.74, 6) is 1.03. The Bertz CT molecular complexity index is 829. The zero-order valence-electron chi connectivity index (χ0n) is 16.7. The van der Waals surface area contributed by atoms with E-state index in [1.165, 1.54) is 12.8 Å². The summed E-state index contributed by atoms with van der Waals surface area (Å²) >= 11 is 0. The molecule has 0 N–H and O–H groups in total. The lowest BCUT2D eigenvalue weighted by Gasteiger charge is -2.33. The van der Waals surface area contributed by atoms with Crippen molar-refractivity contribution < 1.29 is 14.1 Å². The highest BCUT2D eigenvalue weighted by atomic mass is 16.5. The Balaban J connectivity index is 1.49. The second-order valence-electron chi connectivity index (χ2n) is 7.55. The maximum Gasteiger partial charge on any atom is 0.236 e. The van der Waals surface area contributed by atoms with Gasteiger partial charge >= 0.3 is 0 Å². The van der Waals surface area contributed by atoms with Gasteiger partial charge in [-0.3, -0.25) is 9.69 Å². The van der Waals surface area contributed by atoms with E-state index in [1.807, 2.05) is 36.9 Å². The molecule has 7 heteroatoms. The molecule has 0 aromatic carbocycles. The molecule has 28 heavy (non-hydrogen) atoms. The van der Waals surface area contributed by atoms with Crippen LogP contribution in [-0.2, 0) is 16.0 Å². The fourth-order valence-electron chi connectivity index (χ4n) is 4.04. The number of carbonyl (C=O) groups is 1. The first-order chi connectivity index (χ1) is 13.7. The zero-order valence-corrected chi connectivity index (χ0v) is 16.7. The Morgan fingerprint density at radius 1 is 1.25 bits per heavy atom. The topological polar surface area (TPSA) is 71.7 Å². The van der Waals surface area contributed by atoms with Crippen LogP contribution >= 0.6 is 0 Å². The smallest absolute Gasteiger partial charge is 0.236 e. The van der Waals surface area contributed by atoms with E-state index in [2.05, 4.69) is 10.1 Å².